The number of sulfone groups is 1. The van der Waals surface area contributed by atoms with Crippen LogP contribution in [-0.4, -0.2) is 59.2 Å². The standard InChI is InChI=1S/C29H29N5O6S/c1-38-19-7-3-2-4-8-20-41(36,37)24-17-15-22(16-18-24)28-30-27(32-39-28)21-11-13-23(14-12-21)29(35)40-34-26-10-6-5-9-25(26)31-33-34/h5-6,9-18H,2-4,7-8,19-20H2,1H3. The van der Waals surface area contributed by atoms with E-state index in [1.54, 1.807) is 73.8 Å². The van der Waals surface area contributed by atoms with Crippen molar-refractivity contribution >= 4 is 26.8 Å². The summed E-state index contributed by atoms with van der Waals surface area (Å²) in [7, 11) is -1.69. The van der Waals surface area contributed by atoms with Gasteiger partial charge in [-0.1, -0.05) is 53.5 Å². The first-order valence-electron chi connectivity index (χ1n) is 13.2. The Kier molecular flexibility index (Phi) is 8.80. The largest absolute Gasteiger partial charge is 0.385 e. The highest BCUT2D eigenvalue weighted by atomic mass is 32.2. The van der Waals surface area contributed by atoms with Gasteiger partial charge in [0.1, 0.15) is 11.0 Å². The summed E-state index contributed by atoms with van der Waals surface area (Å²) in [6, 6.07) is 20.1. The van der Waals surface area contributed by atoms with Crippen LogP contribution in [0.25, 0.3) is 33.9 Å². The second-order valence-corrected chi connectivity index (χ2v) is 11.5. The summed E-state index contributed by atoms with van der Waals surface area (Å²) in [5.74, 6) is 0.0874. The van der Waals surface area contributed by atoms with Crippen LogP contribution in [0, 0.1) is 0 Å². The molecule has 0 unspecified atom stereocenters. The van der Waals surface area contributed by atoms with Crippen LogP contribution in [0.3, 0.4) is 0 Å². The minimum Gasteiger partial charge on any atom is -0.385 e. The molecule has 0 aliphatic rings. The van der Waals surface area contributed by atoms with Crippen LogP contribution >= 0.6 is 0 Å². The number of ether oxygens (including phenoxy) is 1. The summed E-state index contributed by atoms with van der Waals surface area (Å²) in [6.45, 7) is 0.735. The fourth-order valence-corrected chi connectivity index (χ4v) is 5.62. The van der Waals surface area contributed by atoms with E-state index in [9.17, 15) is 13.2 Å². The van der Waals surface area contributed by atoms with Crippen LogP contribution in [0.2, 0.25) is 0 Å². The van der Waals surface area contributed by atoms with Crippen LogP contribution < -0.4 is 4.84 Å². The molecule has 3 aromatic carbocycles. The number of hydrogen-bond acceptors (Lipinski definition) is 10. The first-order chi connectivity index (χ1) is 19.9. The maximum Gasteiger partial charge on any atom is 0.365 e. The lowest BCUT2D eigenvalue weighted by Gasteiger charge is -2.05. The topological polar surface area (TPSA) is 139 Å². The van der Waals surface area contributed by atoms with Crippen molar-refractivity contribution in [2.45, 2.75) is 37.0 Å². The van der Waals surface area contributed by atoms with Gasteiger partial charge in [-0.05, 0) is 66.6 Å². The fourth-order valence-electron chi connectivity index (χ4n) is 4.25. The number of para-hydroxylation sites is 1. The molecule has 0 spiro atoms. The summed E-state index contributed by atoms with van der Waals surface area (Å²) < 4.78 is 35.9. The molecule has 41 heavy (non-hydrogen) atoms. The van der Waals surface area contributed by atoms with Gasteiger partial charge in [0.05, 0.1) is 16.2 Å². The zero-order valence-electron chi connectivity index (χ0n) is 22.5. The van der Waals surface area contributed by atoms with Crippen molar-refractivity contribution in [3.05, 3.63) is 78.4 Å². The van der Waals surface area contributed by atoms with Crippen molar-refractivity contribution in [3.8, 4) is 22.8 Å². The van der Waals surface area contributed by atoms with E-state index in [0.29, 0.717) is 40.0 Å². The lowest BCUT2D eigenvalue weighted by Crippen LogP contribution is -2.20. The Balaban J connectivity index is 1.18. The first kappa shape index (κ1) is 28.1. The average molecular weight is 576 g/mol. The number of hydrogen-bond donors (Lipinski definition) is 0. The highest BCUT2D eigenvalue weighted by molar-refractivity contribution is 7.91. The van der Waals surface area contributed by atoms with Crippen LogP contribution in [0.4, 0.5) is 0 Å². The normalized spacial score (nSPS) is 11.6. The van der Waals surface area contributed by atoms with E-state index in [1.165, 1.54) is 0 Å². The lowest BCUT2D eigenvalue weighted by molar-refractivity contribution is 0.0409. The molecule has 212 valence electrons. The molecule has 0 aliphatic heterocycles. The maximum atomic E-state index is 12.7. The number of unbranched alkanes of at least 4 members (excludes halogenated alkanes) is 4. The van der Waals surface area contributed by atoms with E-state index >= 15 is 0 Å². The molecule has 2 heterocycles. The maximum absolute atomic E-state index is 12.7. The molecule has 0 fully saturated rings. The van der Waals surface area contributed by atoms with Crippen molar-refractivity contribution < 1.29 is 27.3 Å². The van der Waals surface area contributed by atoms with Crippen LogP contribution in [0.5, 0.6) is 0 Å². The van der Waals surface area contributed by atoms with Gasteiger partial charge in [0.25, 0.3) is 5.89 Å². The molecule has 5 aromatic rings. The Morgan fingerprint density at radius 3 is 2.37 bits per heavy atom. The van der Waals surface area contributed by atoms with E-state index in [0.717, 1.165) is 37.1 Å². The quantitative estimate of drug-likeness (QED) is 0.142. The van der Waals surface area contributed by atoms with E-state index in [-0.39, 0.29) is 16.5 Å². The van der Waals surface area contributed by atoms with Crippen molar-refractivity contribution in [2.24, 2.45) is 0 Å². The Morgan fingerprint density at radius 2 is 1.59 bits per heavy atom. The molecule has 11 nitrogen and oxygen atoms in total. The summed E-state index contributed by atoms with van der Waals surface area (Å²) >= 11 is 0. The second kappa shape index (κ2) is 12.8. The molecular weight excluding hydrogens is 546 g/mol. The summed E-state index contributed by atoms with van der Waals surface area (Å²) in [6.07, 6.45) is 4.51. The van der Waals surface area contributed by atoms with Crippen molar-refractivity contribution in [1.29, 1.82) is 0 Å². The molecule has 5 rings (SSSR count). The van der Waals surface area contributed by atoms with Crippen LogP contribution in [-0.2, 0) is 14.6 Å². The Labute approximate surface area is 237 Å². The molecule has 0 N–H and O–H groups in total. The lowest BCUT2D eigenvalue weighted by atomic mass is 10.1. The van der Waals surface area contributed by atoms with E-state index in [4.69, 9.17) is 14.1 Å². The summed E-state index contributed by atoms with van der Waals surface area (Å²) in [4.78, 5) is 23.7. The predicted octanol–water partition coefficient (Wildman–Crippen LogP) is 4.79. The van der Waals surface area contributed by atoms with Gasteiger partial charge in [0.2, 0.25) is 5.82 Å². The number of nitrogens with zero attached hydrogens (tertiary/aromatic N) is 5. The molecular formula is C29H29N5O6S. The van der Waals surface area contributed by atoms with Crippen molar-refractivity contribution in [1.82, 2.24) is 25.3 Å². The van der Waals surface area contributed by atoms with E-state index < -0.39 is 15.8 Å². The third kappa shape index (κ3) is 6.84. The second-order valence-electron chi connectivity index (χ2n) is 9.43. The molecule has 0 radical (unpaired) electrons. The van der Waals surface area contributed by atoms with Crippen molar-refractivity contribution in [2.75, 3.05) is 19.5 Å². The van der Waals surface area contributed by atoms with Gasteiger partial charge in [-0.25, -0.2) is 13.2 Å². The monoisotopic (exact) mass is 575 g/mol. The smallest absolute Gasteiger partial charge is 0.365 e. The number of carbonyl (C=O) groups is 1. The number of carbonyl (C=O) groups excluding carboxylic acids is 1. The van der Waals surface area contributed by atoms with Gasteiger partial charge in [-0.3, -0.25) is 0 Å². The third-order valence-electron chi connectivity index (χ3n) is 6.52. The minimum absolute atomic E-state index is 0.111. The average Bonchev–Trinajstić information content (AvgIpc) is 3.65. The number of aromatic nitrogens is 5. The SMILES string of the molecule is COCCCCCCCS(=O)(=O)c1ccc(-c2nc(-c3ccc(C(=O)On4nnc5ccccc54)cc3)no2)cc1. The van der Waals surface area contributed by atoms with Gasteiger partial charge in [-0.15, -0.1) is 5.10 Å². The van der Waals surface area contributed by atoms with Crippen molar-refractivity contribution in [3.63, 3.8) is 0 Å². The number of benzene rings is 3. The zero-order chi connectivity index (χ0) is 28.7. The fraction of sp³-hybridized carbons (Fsp3) is 0.276. The molecule has 0 amide bonds. The molecule has 0 aliphatic carbocycles. The molecule has 0 bridgehead atoms. The Morgan fingerprint density at radius 1 is 0.878 bits per heavy atom. The van der Waals surface area contributed by atoms with E-state index in [2.05, 4.69) is 20.5 Å². The summed E-state index contributed by atoms with van der Waals surface area (Å²) in [5, 5.41) is 11.9. The van der Waals surface area contributed by atoms with Gasteiger partial charge in [-0.2, -0.15) is 4.98 Å². The Hall–Kier alpha value is -4.42. The Bertz CT molecular complexity index is 1710. The molecule has 0 atom stereocenters. The van der Waals surface area contributed by atoms with Gasteiger partial charge >= 0.3 is 5.97 Å². The van der Waals surface area contributed by atoms with Crippen LogP contribution in [0.15, 0.2) is 82.2 Å². The minimum atomic E-state index is -3.37. The molecule has 0 saturated carbocycles. The highest BCUT2D eigenvalue weighted by Gasteiger charge is 2.17. The molecule has 0 saturated heterocycles. The van der Waals surface area contributed by atoms with Gasteiger partial charge in [0.15, 0.2) is 9.84 Å². The number of rotatable bonds is 13. The van der Waals surface area contributed by atoms with Crippen LogP contribution in [0.1, 0.15) is 42.5 Å². The van der Waals surface area contributed by atoms with E-state index in [1.807, 2.05) is 6.07 Å². The number of fused-ring (bicyclic) bond motifs is 1. The summed E-state index contributed by atoms with van der Waals surface area (Å²) in [5.41, 5.74) is 2.72. The third-order valence-corrected chi connectivity index (χ3v) is 8.33. The van der Waals surface area contributed by atoms with Gasteiger partial charge < -0.3 is 14.1 Å². The zero-order valence-corrected chi connectivity index (χ0v) is 23.3. The van der Waals surface area contributed by atoms with Gasteiger partial charge in [0, 0.05) is 24.8 Å². The number of methoxy groups -OCH3 is 1. The first-order valence-corrected chi connectivity index (χ1v) is 14.9. The molecule has 12 heteroatoms. The highest BCUT2D eigenvalue weighted by Crippen LogP contribution is 2.24. The predicted molar refractivity (Wildman–Crippen MR) is 151 cm³/mol. The molecule has 2 aromatic heterocycles.